The number of hydrogen-bond acceptors (Lipinski definition) is 3. The van der Waals surface area contributed by atoms with Crippen molar-refractivity contribution in [3.63, 3.8) is 0 Å². The Hall–Kier alpha value is -2.49. The van der Waals surface area contributed by atoms with Gasteiger partial charge in [-0.1, -0.05) is 32.0 Å². The van der Waals surface area contributed by atoms with Crippen molar-refractivity contribution in [2.75, 3.05) is 18.5 Å². The van der Waals surface area contributed by atoms with Crippen LogP contribution in [0.5, 0.6) is 11.5 Å². The Morgan fingerprint density at radius 1 is 1.04 bits per heavy atom. The standard InChI is InChI=1S/C21H27NO3/c1-5-13-25-18-12-11-17(14-19(18)24-7-3)21(23)22-20-15(4)9-8-10-16(20)6-2/h8-12,14H,5-7,13H2,1-4H3,(H,22,23). The molecule has 0 atom stereocenters. The Bertz CT molecular complexity index is 725. The van der Waals surface area contributed by atoms with Crippen molar-refractivity contribution in [3.8, 4) is 11.5 Å². The number of aryl methyl sites for hydroxylation is 2. The highest BCUT2D eigenvalue weighted by Crippen LogP contribution is 2.29. The fourth-order valence-electron chi connectivity index (χ4n) is 2.64. The van der Waals surface area contributed by atoms with Crippen molar-refractivity contribution >= 4 is 11.6 Å². The van der Waals surface area contributed by atoms with Crippen molar-refractivity contribution in [3.05, 3.63) is 53.1 Å². The summed E-state index contributed by atoms with van der Waals surface area (Å²) in [6.07, 6.45) is 1.78. The van der Waals surface area contributed by atoms with Gasteiger partial charge < -0.3 is 14.8 Å². The maximum Gasteiger partial charge on any atom is 0.255 e. The van der Waals surface area contributed by atoms with Crippen LogP contribution in [0.2, 0.25) is 0 Å². The maximum atomic E-state index is 12.7. The number of hydrogen-bond donors (Lipinski definition) is 1. The van der Waals surface area contributed by atoms with Gasteiger partial charge in [0, 0.05) is 11.3 Å². The second-order valence-corrected chi connectivity index (χ2v) is 5.86. The van der Waals surface area contributed by atoms with Crippen LogP contribution in [-0.4, -0.2) is 19.1 Å². The summed E-state index contributed by atoms with van der Waals surface area (Å²) >= 11 is 0. The molecule has 0 spiro atoms. The fourth-order valence-corrected chi connectivity index (χ4v) is 2.64. The molecule has 0 unspecified atom stereocenters. The molecule has 0 radical (unpaired) electrons. The van der Waals surface area contributed by atoms with Gasteiger partial charge in [0.15, 0.2) is 11.5 Å². The van der Waals surface area contributed by atoms with Crippen LogP contribution in [0.25, 0.3) is 0 Å². The number of benzene rings is 2. The molecule has 4 nitrogen and oxygen atoms in total. The van der Waals surface area contributed by atoms with Crippen LogP contribution in [0.4, 0.5) is 5.69 Å². The average molecular weight is 341 g/mol. The van der Waals surface area contributed by atoms with Gasteiger partial charge in [-0.15, -0.1) is 0 Å². The summed E-state index contributed by atoms with van der Waals surface area (Å²) in [7, 11) is 0. The SMILES string of the molecule is CCCOc1ccc(C(=O)Nc2c(C)cccc2CC)cc1OCC. The zero-order chi connectivity index (χ0) is 18.2. The predicted octanol–water partition coefficient (Wildman–Crippen LogP) is 5.00. The van der Waals surface area contributed by atoms with E-state index in [2.05, 4.69) is 19.2 Å². The van der Waals surface area contributed by atoms with Crippen molar-refractivity contribution in [1.82, 2.24) is 0 Å². The minimum atomic E-state index is -0.146. The summed E-state index contributed by atoms with van der Waals surface area (Å²) in [5, 5.41) is 3.04. The summed E-state index contributed by atoms with van der Waals surface area (Å²) in [5.74, 6) is 1.13. The first kappa shape index (κ1) is 18.8. The van der Waals surface area contributed by atoms with Gasteiger partial charge in [-0.05, 0) is 56.0 Å². The molecule has 0 fully saturated rings. The lowest BCUT2D eigenvalue weighted by molar-refractivity contribution is 0.102. The fraction of sp³-hybridized carbons (Fsp3) is 0.381. The van der Waals surface area contributed by atoms with Crippen molar-refractivity contribution < 1.29 is 14.3 Å². The molecule has 0 aliphatic carbocycles. The van der Waals surface area contributed by atoms with E-state index in [9.17, 15) is 4.79 Å². The first-order valence-electron chi connectivity index (χ1n) is 8.90. The molecule has 2 rings (SSSR count). The number of nitrogens with one attached hydrogen (secondary N) is 1. The van der Waals surface area contributed by atoms with Gasteiger partial charge in [-0.25, -0.2) is 0 Å². The molecule has 134 valence electrons. The number of para-hydroxylation sites is 1. The van der Waals surface area contributed by atoms with Gasteiger partial charge in [-0.3, -0.25) is 4.79 Å². The van der Waals surface area contributed by atoms with E-state index < -0.39 is 0 Å². The highest BCUT2D eigenvalue weighted by atomic mass is 16.5. The van der Waals surface area contributed by atoms with Crippen molar-refractivity contribution in [2.24, 2.45) is 0 Å². The van der Waals surface area contributed by atoms with Crippen molar-refractivity contribution in [2.45, 2.75) is 40.5 Å². The summed E-state index contributed by atoms with van der Waals surface area (Å²) in [6, 6.07) is 11.4. The molecule has 0 heterocycles. The third-order valence-corrected chi connectivity index (χ3v) is 3.95. The van der Waals surface area contributed by atoms with Gasteiger partial charge >= 0.3 is 0 Å². The highest BCUT2D eigenvalue weighted by molar-refractivity contribution is 6.05. The summed E-state index contributed by atoms with van der Waals surface area (Å²) in [4.78, 5) is 12.7. The smallest absolute Gasteiger partial charge is 0.255 e. The van der Waals surface area contributed by atoms with Gasteiger partial charge in [-0.2, -0.15) is 0 Å². The number of ether oxygens (including phenoxy) is 2. The van der Waals surface area contributed by atoms with E-state index in [1.165, 1.54) is 0 Å². The average Bonchev–Trinajstić information content (AvgIpc) is 2.62. The predicted molar refractivity (Wildman–Crippen MR) is 102 cm³/mol. The summed E-state index contributed by atoms with van der Waals surface area (Å²) in [6.45, 7) is 9.19. The minimum Gasteiger partial charge on any atom is -0.490 e. The molecule has 1 N–H and O–H groups in total. The van der Waals surface area contributed by atoms with Crippen LogP contribution in [0.15, 0.2) is 36.4 Å². The van der Waals surface area contributed by atoms with E-state index >= 15 is 0 Å². The molecule has 25 heavy (non-hydrogen) atoms. The molecule has 0 aliphatic rings. The molecule has 0 saturated carbocycles. The molecular formula is C21H27NO3. The molecule has 1 amide bonds. The third-order valence-electron chi connectivity index (χ3n) is 3.95. The molecule has 0 aromatic heterocycles. The van der Waals surface area contributed by atoms with Crippen LogP contribution in [-0.2, 0) is 6.42 Å². The molecule has 0 bridgehead atoms. The molecule has 4 heteroatoms. The highest BCUT2D eigenvalue weighted by Gasteiger charge is 2.14. The number of anilines is 1. The van der Waals surface area contributed by atoms with Crippen LogP contribution in [0.1, 0.15) is 48.7 Å². The van der Waals surface area contributed by atoms with Crippen LogP contribution >= 0.6 is 0 Å². The minimum absolute atomic E-state index is 0.146. The van der Waals surface area contributed by atoms with Crippen molar-refractivity contribution in [1.29, 1.82) is 0 Å². The summed E-state index contributed by atoms with van der Waals surface area (Å²) < 4.78 is 11.3. The maximum absolute atomic E-state index is 12.7. The van der Waals surface area contributed by atoms with E-state index in [0.717, 1.165) is 29.7 Å². The first-order valence-corrected chi connectivity index (χ1v) is 8.90. The zero-order valence-electron chi connectivity index (χ0n) is 15.5. The Morgan fingerprint density at radius 2 is 1.84 bits per heavy atom. The lowest BCUT2D eigenvalue weighted by Crippen LogP contribution is -2.14. The Balaban J connectivity index is 2.26. The number of carbonyl (C=O) groups is 1. The van der Waals surface area contributed by atoms with Crippen LogP contribution in [0.3, 0.4) is 0 Å². The number of rotatable bonds is 8. The molecule has 0 saturated heterocycles. The Kier molecular flexibility index (Phi) is 6.87. The van der Waals surface area contributed by atoms with E-state index in [-0.39, 0.29) is 5.91 Å². The van der Waals surface area contributed by atoms with E-state index in [0.29, 0.717) is 30.3 Å². The molecule has 2 aromatic rings. The Morgan fingerprint density at radius 3 is 2.52 bits per heavy atom. The van der Waals surface area contributed by atoms with Crippen LogP contribution < -0.4 is 14.8 Å². The quantitative estimate of drug-likeness (QED) is 0.735. The van der Waals surface area contributed by atoms with E-state index in [1.54, 1.807) is 18.2 Å². The topological polar surface area (TPSA) is 47.6 Å². The number of carbonyl (C=O) groups excluding carboxylic acids is 1. The third kappa shape index (κ3) is 4.75. The number of amides is 1. The second-order valence-electron chi connectivity index (χ2n) is 5.86. The molecule has 2 aromatic carbocycles. The zero-order valence-corrected chi connectivity index (χ0v) is 15.5. The van der Waals surface area contributed by atoms with Gasteiger partial charge in [0.05, 0.1) is 13.2 Å². The lowest BCUT2D eigenvalue weighted by atomic mass is 10.1. The van der Waals surface area contributed by atoms with Gasteiger partial charge in [0.2, 0.25) is 0 Å². The summed E-state index contributed by atoms with van der Waals surface area (Å²) in [5.41, 5.74) is 3.62. The van der Waals surface area contributed by atoms with E-state index in [1.807, 2.05) is 32.0 Å². The molecular weight excluding hydrogens is 314 g/mol. The molecule has 0 aliphatic heterocycles. The monoisotopic (exact) mass is 341 g/mol. The largest absolute Gasteiger partial charge is 0.490 e. The normalized spacial score (nSPS) is 10.4. The first-order chi connectivity index (χ1) is 12.1. The second kappa shape index (κ2) is 9.11. The van der Waals surface area contributed by atoms with Crippen LogP contribution in [0, 0.1) is 6.92 Å². The Labute approximate surface area is 150 Å². The van der Waals surface area contributed by atoms with Gasteiger partial charge in [0.1, 0.15) is 0 Å². The lowest BCUT2D eigenvalue weighted by Gasteiger charge is -2.15. The van der Waals surface area contributed by atoms with Gasteiger partial charge in [0.25, 0.3) is 5.91 Å². The van der Waals surface area contributed by atoms with E-state index in [4.69, 9.17) is 9.47 Å².